The molecule has 0 aliphatic carbocycles. The highest BCUT2D eigenvalue weighted by Gasteiger charge is 2.21. The molecule has 11 nitrogen and oxygen atoms in total. The molecule has 56 heavy (non-hydrogen) atoms. The molecule has 1 N–H and O–H groups in total. The van der Waals surface area contributed by atoms with E-state index in [4.69, 9.17) is 18.9 Å². The van der Waals surface area contributed by atoms with Crippen molar-refractivity contribution >= 4 is 27.1 Å². The highest BCUT2D eigenvalue weighted by atomic mass is 28.3. The highest BCUT2D eigenvalue weighted by molar-refractivity contribution is 6.76. The number of piperazine rings is 2. The van der Waals surface area contributed by atoms with E-state index in [1.165, 1.54) is 18.7 Å². The summed E-state index contributed by atoms with van der Waals surface area (Å²) in [6.45, 7) is 35.0. The second-order valence-corrected chi connectivity index (χ2v) is 29.7. The van der Waals surface area contributed by atoms with Crippen LogP contribution in [0.1, 0.15) is 38.8 Å². The van der Waals surface area contributed by atoms with Crippen LogP contribution in [-0.2, 0) is 34.1 Å². The molecule has 2 fully saturated rings. The maximum atomic E-state index is 13.8. The van der Waals surface area contributed by atoms with Gasteiger partial charge in [0.25, 0.3) is 5.56 Å². The lowest BCUT2D eigenvalue weighted by Crippen LogP contribution is -2.48. The Bertz CT molecular complexity index is 1690. The maximum absolute atomic E-state index is 13.8. The lowest BCUT2D eigenvalue weighted by molar-refractivity contribution is 0.0228. The van der Waals surface area contributed by atoms with E-state index in [1.807, 2.05) is 12.1 Å². The van der Waals surface area contributed by atoms with E-state index in [-0.39, 0.29) is 19.1 Å². The zero-order valence-electron chi connectivity index (χ0n) is 36.7. The zero-order chi connectivity index (χ0) is 40.9. The first-order valence-corrected chi connectivity index (χ1v) is 28.3. The van der Waals surface area contributed by atoms with Crippen molar-refractivity contribution in [3.05, 3.63) is 58.1 Å². The van der Waals surface area contributed by atoms with Crippen LogP contribution in [0.25, 0.3) is 22.0 Å². The molecular weight excluding hydrogens is 737 g/mol. The molecule has 3 aromatic rings. The van der Waals surface area contributed by atoms with E-state index < -0.39 is 16.1 Å². The molecule has 0 spiro atoms. The number of nitrogens with zero attached hydrogens (tertiary/aromatic N) is 5. The van der Waals surface area contributed by atoms with E-state index in [2.05, 4.69) is 110 Å². The molecule has 3 heterocycles. The van der Waals surface area contributed by atoms with Gasteiger partial charge in [0.2, 0.25) is 0 Å². The predicted molar refractivity (Wildman–Crippen MR) is 237 cm³/mol. The molecule has 0 saturated carbocycles. The van der Waals surface area contributed by atoms with Gasteiger partial charge in [-0.2, -0.15) is 0 Å². The number of hydrogen-bond donors (Lipinski definition) is 1. The lowest BCUT2D eigenvalue weighted by atomic mass is 9.96. The number of benzene rings is 2. The third kappa shape index (κ3) is 15.0. The van der Waals surface area contributed by atoms with Gasteiger partial charge in [-0.3, -0.25) is 24.1 Å². The van der Waals surface area contributed by atoms with Crippen molar-refractivity contribution in [1.29, 1.82) is 0 Å². The number of methoxy groups -OCH3 is 1. The van der Waals surface area contributed by atoms with Gasteiger partial charge in [-0.15, -0.1) is 0 Å². The molecule has 0 bridgehead atoms. The topological polar surface area (TPSA) is 93.6 Å². The minimum Gasteiger partial charge on any atom is -0.465 e. The molecule has 2 aliphatic rings. The van der Waals surface area contributed by atoms with E-state index in [0.717, 1.165) is 80.6 Å². The number of rotatable bonds is 18. The summed E-state index contributed by atoms with van der Waals surface area (Å²) in [5.74, 6) is 0.532. The van der Waals surface area contributed by atoms with Crippen LogP contribution >= 0.6 is 0 Å². The Hall–Kier alpha value is -2.47. The lowest BCUT2D eigenvalue weighted by Gasteiger charge is -2.37. The monoisotopic (exact) mass is 811 g/mol. The Morgan fingerprint density at radius 3 is 2.02 bits per heavy atom. The number of hydrogen-bond acceptors (Lipinski definition) is 10. The summed E-state index contributed by atoms with van der Waals surface area (Å²) in [4.78, 5) is 26.1. The van der Waals surface area contributed by atoms with Crippen molar-refractivity contribution in [2.75, 3.05) is 79.5 Å². The third-order valence-electron chi connectivity index (χ3n) is 10.6. The van der Waals surface area contributed by atoms with E-state index >= 15 is 0 Å². The van der Waals surface area contributed by atoms with Crippen molar-refractivity contribution in [3.8, 4) is 16.9 Å². The minimum absolute atomic E-state index is 0.0987. The zero-order valence-corrected chi connectivity index (χ0v) is 38.7. The Morgan fingerprint density at radius 2 is 1.43 bits per heavy atom. The summed E-state index contributed by atoms with van der Waals surface area (Å²) in [6.07, 6.45) is 1.56. The van der Waals surface area contributed by atoms with Gasteiger partial charge in [-0.1, -0.05) is 57.5 Å². The molecule has 314 valence electrons. The summed E-state index contributed by atoms with van der Waals surface area (Å²) in [7, 11) is -0.745. The molecule has 2 aromatic carbocycles. The third-order valence-corrected chi connectivity index (χ3v) is 14.0. The Labute approximate surface area is 340 Å². The average molecular weight is 811 g/mol. The van der Waals surface area contributed by atoms with E-state index in [9.17, 15) is 4.79 Å². The Balaban J connectivity index is 0.000000678. The molecule has 0 radical (unpaired) electrons. The summed E-state index contributed by atoms with van der Waals surface area (Å²) in [5, 5.41) is 3.82. The number of nitrogens with one attached hydrogen (secondary N) is 1. The minimum atomic E-state index is -1.24. The SMILES string of the molecule is CC(C)N1CCNCC1.COCc1cc(CN2CCN(C(C)C)CC2)ccc1-c1cc(OCOCC[Si](C)(C)C)c2ncn(COCC[Si](C)(C)C)c(=O)c2c1. The van der Waals surface area contributed by atoms with Crippen LogP contribution in [0.2, 0.25) is 51.4 Å². The molecule has 5 rings (SSSR count). The van der Waals surface area contributed by atoms with Gasteiger partial charge in [0, 0.05) is 107 Å². The number of aromatic nitrogens is 2. The molecular formula is C43H74N6O5Si2. The Kier molecular flexibility index (Phi) is 18.2. The van der Waals surface area contributed by atoms with Crippen LogP contribution < -0.4 is 15.6 Å². The molecule has 0 unspecified atom stereocenters. The van der Waals surface area contributed by atoms with Crippen molar-refractivity contribution in [1.82, 2.24) is 29.6 Å². The summed E-state index contributed by atoms with van der Waals surface area (Å²) in [5.41, 5.74) is 4.59. The summed E-state index contributed by atoms with van der Waals surface area (Å²) < 4.78 is 25.2. The number of ether oxygens (including phenoxy) is 4. The molecule has 1 aromatic heterocycles. The quantitative estimate of drug-likeness (QED) is 0.0820. The van der Waals surface area contributed by atoms with E-state index in [1.54, 1.807) is 18.0 Å². The fourth-order valence-corrected chi connectivity index (χ4v) is 8.39. The first kappa shape index (κ1) is 46.2. The fraction of sp³-hybridized carbons (Fsp3) is 0.674. The van der Waals surface area contributed by atoms with Crippen molar-refractivity contribution in [2.24, 2.45) is 0 Å². The van der Waals surface area contributed by atoms with Crippen molar-refractivity contribution < 1.29 is 18.9 Å². The molecule has 2 saturated heterocycles. The standard InChI is InChI=1S/C36H58N4O5Si2.C7H16N2/c1-28(2)39-14-12-38(13-15-39)23-29-10-11-32(31(20-29)24-42-3)30-21-33-35(34(22-30)45-27-44-17-19-47(7,8)9)37-25-40(36(33)41)26-43-16-18-46(4,5)6;1-7(2)9-5-3-8-4-6-9/h10-11,20-22,25,28H,12-19,23-24,26-27H2,1-9H3;7-8H,3-6H2,1-2H3. The smallest absolute Gasteiger partial charge is 0.263 e. The van der Waals surface area contributed by atoms with Crippen LogP contribution in [0.4, 0.5) is 0 Å². The van der Waals surface area contributed by atoms with Crippen LogP contribution in [0.5, 0.6) is 5.75 Å². The number of fused-ring (bicyclic) bond motifs is 1. The Morgan fingerprint density at radius 1 is 0.804 bits per heavy atom. The second kappa shape index (κ2) is 22.1. The van der Waals surface area contributed by atoms with Crippen LogP contribution in [0, 0.1) is 0 Å². The van der Waals surface area contributed by atoms with Crippen LogP contribution in [0.3, 0.4) is 0 Å². The van der Waals surface area contributed by atoms with Crippen LogP contribution in [0.15, 0.2) is 41.5 Å². The maximum Gasteiger partial charge on any atom is 0.263 e. The van der Waals surface area contributed by atoms with Gasteiger partial charge < -0.3 is 24.3 Å². The van der Waals surface area contributed by atoms with Gasteiger partial charge in [0.05, 0.1) is 12.0 Å². The summed E-state index contributed by atoms with van der Waals surface area (Å²) >= 11 is 0. The largest absolute Gasteiger partial charge is 0.465 e. The fourth-order valence-electron chi connectivity index (χ4n) is 6.88. The van der Waals surface area contributed by atoms with Crippen molar-refractivity contribution in [2.45, 2.75) is 111 Å². The van der Waals surface area contributed by atoms with E-state index in [0.29, 0.717) is 42.5 Å². The van der Waals surface area contributed by atoms with Gasteiger partial charge >= 0.3 is 0 Å². The molecule has 13 heteroatoms. The van der Waals surface area contributed by atoms with Gasteiger partial charge in [-0.25, -0.2) is 4.98 Å². The average Bonchev–Trinajstić information content (AvgIpc) is 3.14. The van der Waals surface area contributed by atoms with Crippen LogP contribution in [-0.4, -0.2) is 132 Å². The highest BCUT2D eigenvalue weighted by Crippen LogP contribution is 2.33. The predicted octanol–water partition coefficient (Wildman–Crippen LogP) is 7.04. The molecule has 0 atom stereocenters. The molecule has 2 aliphatic heterocycles. The van der Waals surface area contributed by atoms with Gasteiger partial charge in [0.15, 0.2) is 6.79 Å². The molecule has 0 amide bonds. The first-order valence-electron chi connectivity index (χ1n) is 20.9. The summed E-state index contributed by atoms with van der Waals surface area (Å²) in [6, 6.07) is 13.9. The van der Waals surface area contributed by atoms with Gasteiger partial charge in [0.1, 0.15) is 24.3 Å². The van der Waals surface area contributed by atoms with Gasteiger partial charge in [-0.05, 0) is 74.2 Å². The van der Waals surface area contributed by atoms with Crippen molar-refractivity contribution in [3.63, 3.8) is 0 Å². The normalized spacial score (nSPS) is 16.4. The second-order valence-electron chi connectivity index (χ2n) is 18.4. The first-order chi connectivity index (χ1) is 26.5.